The summed E-state index contributed by atoms with van der Waals surface area (Å²) >= 11 is 0. The summed E-state index contributed by atoms with van der Waals surface area (Å²) in [5.74, 6) is -2.14. The Morgan fingerprint density at radius 3 is 2.21 bits per heavy atom. The van der Waals surface area contributed by atoms with Crippen molar-refractivity contribution in [1.29, 1.82) is 0 Å². The SMILES string of the molecule is CC(C)[C@H](N)C(=O)N[C@@H](C)C(=O)N(c1ccccc1)[C@@H](CCCCN)C(=O)O. The van der Waals surface area contributed by atoms with Crippen LogP contribution in [0.5, 0.6) is 0 Å². The van der Waals surface area contributed by atoms with Gasteiger partial charge < -0.3 is 21.9 Å². The molecule has 8 nitrogen and oxygen atoms in total. The van der Waals surface area contributed by atoms with Gasteiger partial charge in [-0.3, -0.25) is 14.5 Å². The zero-order valence-corrected chi connectivity index (χ0v) is 16.8. The number of carboxylic acids is 1. The van der Waals surface area contributed by atoms with E-state index >= 15 is 0 Å². The van der Waals surface area contributed by atoms with E-state index in [9.17, 15) is 19.5 Å². The van der Waals surface area contributed by atoms with Crippen LogP contribution < -0.4 is 21.7 Å². The Balaban J connectivity index is 3.11. The van der Waals surface area contributed by atoms with E-state index in [1.165, 1.54) is 11.8 Å². The van der Waals surface area contributed by atoms with E-state index in [0.717, 1.165) is 0 Å². The van der Waals surface area contributed by atoms with Crippen LogP contribution in [0, 0.1) is 5.92 Å². The Bertz CT molecular complexity index is 651. The van der Waals surface area contributed by atoms with Crippen molar-refractivity contribution in [3.8, 4) is 0 Å². The maximum absolute atomic E-state index is 13.1. The number of nitrogens with zero attached hydrogens (tertiary/aromatic N) is 1. The molecule has 1 rings (SSSR count). The molecule has 0 aliphatic carbocycles. The lowest BCUT2D eigenvalue weighted by molar-refractivity contribution is -0.140. The maximum atomic E-state index is 13.1. The monoisotopic (exact) mass is 392 g/mol. The van der Waals surface area contributed by atoms with Gasteiger partial charge in [-0.1, -0.05) is 32.0 Å². The third kappa shape index (κ3) is 6.61. The van der Waals surface area contributed by atoms with Gasteiger partial charge >= 0.3 is 5.97 Å². The highest BCUT2D eigenvalue weighted by atomic mass is 16.4. The van der Waals surface area contributed by atoms with Crippen LogP contribution in [0.1, 0.15) is 40.0 Å². The van der Waals surface area contributed by atoms with Gasteiger partial charge in [-0.2, -0.15) is 0 Å². The van der Waals surface area contributed by atoms with Gasteiger partial charge in [0.2, 0.25) is 11.8 Å². The number of rotatable bonds is 11. The third-order valence-corrected chi connectivity index (χ3v) is 4.55. The van der Waals surface area contributed by atoms with Crippen LogP contribution in [0.15, 0.2) is 30.3 Å². The quantitative estimate of drug-likeness (QED) is 0.416. The lowest BCUT2D eigenvalue weighted by Crippen LogP contribution is -2.56. The topological polar surface area (TPSA) is 139 Å². The first-order valence-electron chi connectivity index (χ1n) is 9.57. The predicted molar refractivity (Wildman–Crippen MR) is 109 cm³/mol. The van der Waals surface area contributed by atoms with Crippen molar-refractivity contribution in [2.24, 2.45) is 17.4 Å². The van der Waals surface area contributed by atoms with Crippen LogP contribution in [0.3, 0.4) is 0 Å². The van der Waals surface area contributed by atoms with E-state index in [1.54, 1.807) is 30.3 Å². The van der Waals surface area contributed by atoms with Gasteiger partial charge in [0.25, 0.3) is 0 Å². The molecule has 0 aliphatic heterocycles. The van der Waals surface area contributed by atoms with Gasteiger partial charge in [-0.15, -0.1) is 0 Å². The standard InChI is InChI=1S/C20H32N4O4/c1-13(2)17(22)18(25)23-14(3)19(26)24(15-9-5-4-6-10-15)16(20(27)28)11-7-8-12-21/h4-6,9-10,13-14,16-17H,7-8,11-12,21-22H2,1-3H3,(H,23,25)(H,27,28)/t14-,16-,17-/m0/s1. The van der Waals surface area contributed by atoms with Crippen molar-refractivity contribution in [1.82, 2.24) is 5.32 Å². The number of nitrogens with two attached hydrogens (primary N) is 2. The van der Waals surface area contributed by atoms with Crippen molar-refractivity contribution in [3.05, 3.63) is 30.3 Å². The summed E-state index contributed by atoms with van der Waals surface area (Å²) < 4.78 is 0. The van der Waals surface area contributed by atoms with Crippen molar-refractivity contribution < 1.29 is 19.5 Å². The Hall–Kier alpha value is -2.45. The molecular formula is C20H32N4O4. The normalized spacial score (nSPS) is 14.2. The minimum atomic E-state index is -1.10. The lowest BCUT2D eigenvalue weighted by atomic mass is 10.0. The number of para-hydroxylation sites is 1. The number of carbonyl (C=O) groups is 3. The summed E-state index contributed by atoms with van der Waals surface area (Å²) in [7, 11) is 0. The maximum Gasteiger partial charge on any atom is 0.326 e. The molecule has 0 saturated heterocycles. The van der Waals surface area contributed by atoms with Crippen LogP contribution in [0.2, 0.25) is 0 Å². The summed E-state index contributed by atoms with van der Waals surface area (Å²) in [6.07, 6.45) is 1.50. The number of hydrogen-bond donors (Lipinski definition) is 4. The third-order valence-electron chi connectivity index (χ3n) is 4.55. The van der Waals surface area contributed by atoms with Crippen LogP contribution in [-0.4, -0.2) is 47.6 Å². The average Bonchev–Trinajstić information content (AvgIpc) is 2.66. The van der Waals surface area contributed by atoms with Crippen LogP contribution in [0.4, 0.5) is 5.69 Å². The fourth-order valence-corrected chi connectivity index (χ4v) is 2.78. The summed E-state index contributed by atoms with van der Waals surface area (Å²) in [6, 6.07) is 5.85. The molecule has 0 spiro atoms. The molecule has 0 heterocycles. The second-order valence-corrected chi connectivity index (χ2v) is 7.18. The molecule has 8 heteroatoms. The van der Waals surface area contributed by atoms with E-state index in [2.05, 4.69) is 5.32 Å². The van der Waals surface area contributed by atoms with E-state index in [4.69, 9.17) is 11.5 Å². The Labute approximate surface area is 166 Å². The number of amides is 2. The second-order valence-electron chi connectivity index (χ2n) is 7.18. The summed E-state index contributed by atoms with van der Waals surface area (Å²) in [5, 5.41) is 12.3. The fraction of sp³-hybridized carbons (Fsp3) is 0.550. The highest BCUT2D eigenvalue weighted by Crippen LogP contribution is 2.21. The largest absolute Gasteiger partial charge is 0.480 e. The van der Waals surface area contributed by atoms with Gasteiger partial charge in [0.1, 0.15) is 12.1 Å². The number of carboxylic acid groups (broad SMARTS) is 1. The molecule has 0 aliphatic rings. The smallest absolute Gasteiger partial charge is 0.326 e. The molecule has 0 aromatic heterocycles. The number of aliphatic carboxylic acids is 1. The second kappa shape index (κ2) is 11.4. The number of anilines is 1. The molecule has 2 amide bonds. The van der Waals surface area contributed by atoms with Crippen LogP contribution in [-0.2, 0) is 14.4 Å². The molecule has 0 unspecified atom stereocenters. The van der Waals surface area contributed by atoms with Crippen molar-refractivity contribution in [2.75, 3.05) is 11.4 Å². The summed E-state index contributed by atoms with van der Waals surface area (Å²) in [4.78, 5) is 38.5. The fourth-order valence-electron chi connectivity index (χ4n) is 2.78. The first kappa shape index (κ1) is 23.6. The van der Waals surface area contributed by atoms with Gasteiger partial charge in [0.05, 0.1) is 6.04 Å². The zero-order valence-electron chi connectivity index (χ0n) is 16.8. The van der Waals surface area contributed by atoms with E-state index < -0.39 is 35.9 Å². The molecule has 6 N–H and O–H groups in total. The highest BCUT2D eigenvalue weighted by Gasteiger charge is 2.34. The molecule has 1 aromatic carbocycles. The molecule has 156 valence electrons. The molecular weight excluding hydrogens is 360 g/mol. The number of carbonyl (C=O) groups excluding carboxylic acids is 2. The van der Waals surface area contributed by atoms with Gasteiger partial charge in [0, 0.05) is 5.69 Å². The average molecular weight is 393 g/mol. The molecule has 28 heavy (non-hydrogen) atoms. The first-order chi connectivity index (χ1) is 13.2. The van der Waals surface area contributed by atoms with E-state index in [1.807, 2.05) is 13.8 Å². The van der Waals surface area contributed by atoms with Crippen molar-refractivity contribution in [2.45, 2.75) is 58.2 Å². The Kier molecular flexibility index (Phi) is 9.61. The summed E-state index contributed by atoms with van der Waals surface area (Å²) in [6.45, 7) is 5.60. The molecule has 1 aromatic rings. The molecule has 3 atom stereocenters. The minimum absolute atomic E-state index is 0.0874. The van der Waals surface area contributed by atoms with Crippen LogP contribution >= 0.6 is 0 Å². The first-order valence-corrected chi connectivity index (χ1v) is 9.57. The molecule has 0 bridgehead atoms. The number of hydrogen-bond acceptors (Lipinski definition) is 5. The molecule has 0 saturated carbocycles. The van der Waals surface area contributed by atoms with E-state index in [0.29, 0.717) is 25.1 Å². The molecule has 0 fully saturated rings. The zero-order chi connectivity index (χ0) is 21.3. The number of benzene rings is 1. The van der Waals surface area contributed by atoms with Gasteiger partial charge in [-0.25, -0.2) is 4.79 Å². The predicted octanol–water partition coefficient (Wildman–Crippen LogP) is 1.09. The Morgan fingerprint density at radius 2 is 1.71 bits per heavy atom. The van der Waals surface area contributed by atoms with Crippen LogP contribution in [0.25, 0.3) is 0 Å². The van der Waals surface area contributed by atoms with Gasteiger partial charge in [-0.05, 0) is 50.8 Å². The summed E-state index contributed by atoms with van der Waals surface area (Å²) in [5.41, 5.74) is 11.8. The van der Waals surface area contributed by atoms with E-state index in [-0.39, 0.29) is 12.3 Å². The van der Waals surface area contributed by atoms with Crippen molar-refractivity contribution in [3.63, 3.8) is 0 Å². The highest BCUT2D eigenvalue weighted by molar-refractivity contribution is 6.03. The van der Waals surface area contributed by atoms with Crippen molar-refractivity contribution >= 4 is 23.5 Å². The Morgan fingerprint density at radius 1 is 1.11 bits per heavy atom. The number of nitrogens with one attached hydrogen (secondary N) is 1. The van der Waals surface area contributed by atoms with Gasteiger partial charge in [0.15, 0.2) is 0 Å². The minimum Gasteiger partial charge on any atom is -0.480 e. The molecule has 0 radical (unpaired) electrons. The lowest BCUT2D eigenvalue weighted by Gasteiger charge is -2.32. The number of unbranched alkanes of at least 4 members (excludes halogenated alkanes) is 1.